The van der Waals surface area contributed by atoms with Gasteiger partial charge in [0, 0.05) is 16.7 Å². The summed E-state index contributed by atoms with van der Waals surface area (Å²) >= 11 is 1.37. The van der Waals surface area contributed by atoms with E-state index in [9.17, 15) is 14.3 Å². The van der Waals surface area contributed by atoms with E-state index in [4.69, 9.17) is 5.26 Å². The van der Waals surface area contributed by atoms with Crippen LogP contribution in [0.3, 0.4) is 0 Å². The van der Waals surface area contributed by atoms with Gasteiger partial charge >= 0.3 is 6.09 Å². The van der Waals surface area contributed by atoms with Crippen molar-refractivity contribution in [1.82, 2.24) is 15.1 Å². The smallest absolute Gasteiger partial charge is 0.408 e. The normalized spacial score (nSPS) is 15.4. The standard InChI is InChI=1S/C23H21FN4O2S/c1-23(2,3)28(22(29)30)19-10-8-15-16(19)5-4-6-17(15)21-27-26-20(31-21)13-7-9-18(24)14(11-13)12-25/h4-7,9,11,19H,8,10H2,1-3H3,(H,29,30)/t19-/m0/s1. The lowest BCUT2D eigenvalue weighted by atomic mass is 9.98. The lowest BCUT2D eigenvalue weighted by molar-refractivity contribution is 0.0701. The molecule has 0 aliphatic heterocycles. The van der Waals surface area contributed by atoms with E-state index in [0.29, 0.717) is 22.0 Å². The van der Waals surface area contributed by atoms with Gasteiger partial charge in [-0.3, -0.25) is 4.90 Å². The molecule has 0 fully saturated rings. The molecule has 2 aromatic carbocycles. The second kappa shape index (κ2) is 7.75. The number of aromatic nitrogens is 2. The molecule has 158 valence electrons. The van der Waals surface area contributed by atoms with E-state index in [2.05, 4.69) is 10.2 Å². The van der Waals surface area contributed by atoms with Crippen LogP contribution in [0.4, 0.5) is 9.18 Å². The largest absolute Gasteiger partial charge is 0.465 e. The minimum Gasteiger partial charge on any atom is -0.465 e. The summed E-state index contributed by atoms with van der Waals surface area (Å²) in [5.74, 6) is -0.565. The summed E-state index contributed by atoms with van der Waals surface area (Å²) in [5.41, 5.74) is 3.10. The maximum Gasteiger partial charge on any atom is 0.408 e. The molecule has 0 saturated heterocycles. The fourth-order valence-electron chi connectivity index (χ4n) is 4.18. The molecule has 0 spiro atoms. The predicted molar refractivity (Wildman–Crippen MR) is 116 cm³/mol. The molecule has 1 atom stereocenters. The molecule has 8 heteroatoms. The van der Waals surface area contributed by atoms with E-state index in [-0.39, 0.29) is 11.6 Å². The van der Waals surface area contributed by atoms with Gasteiger partial charge in [-0.2, -0.15) is 5.26 Å². The van der Waals surface area contributed by atoms with Gasteiger partial charge in [0.25, 0.3) is 0 Å². The maximum atomic E-state index is 13.6. The zero-order valence-electron chi connectivity index (χ0n) is 17.4. The molecule has 31 heavy (non-hydrogen) atoms. The van der Waals surface area contributed by atoms with Crippen LogP contribution in [0.2, 0.25) is 0 Å². The molecule has 1 aliphatic carbocycles. The molecule has 0 bridgehead atoms. The summed E-state index contributed by atoms with van der Waals surface area (Å²) in [5, 5.41) is 28.8. The second-order valence-corrected chi connectivity index (χ2v) is 9.45. The van der Waals surface area contributed by atoms with Crippen LogP contribution < -0.4 is 0 Å². The predicted octanol–water partition coefficient (Wildman–Crippen LogP) is 5.65. The van der Waals surface area contributed by atoms with Crippen molar-refractivity contribution in [1.29, 1.82) is 5.26 Å². The van der Waals surface area contributed by atoms with Crippen molar-refractivity contribution in [2.24, 2.45) is 0 Å². The van der Waals surface area contributed by atoms with Crippen LogP contribution in [-0.4, -0.2) is 31.8 Å². The molecule has 1 N–H and O–H groups in total. The molecule has 1 aromatic heterocycles. The Kier molecular flexibility index (Phi) is 5.23. The van der Waals surface area contributed by atoms with Gasteiger partial charge in [0.15, 0.2) is 0 Å². The number of fused-ring (bicyclic) bond motifs is 1. The van der Waals surface area contributed by atoms with Gasteiger partial charge in [-0.25, -0.2) is 9.18 Å². The second-order valence-electron chi connectivity index (χ2n) is 8.47. The first-order valence-electron chi connectivity index (χ1n) is 9.88. The highest BCUT2D eigenvalue weighted by atomic mass is 32.1. The molecular formula is C23H21FN4O2S. The summed E-state index contributed by atoms with van der Waals surface area (Å²) in [6.45, 7) is 5.70. The SMILES string of the molecule is CC(C)(C)N(C(=O)O)[C@H]1CCc2c(-c3nnc(-c4ccc(F)c(C#N)c4)s3)cccc21. The Balaban J connectivity index is 1.72. The molecule has 0 unspecified atom stereocenters. The third-order valence-corrected chi connectivity index (χ3v) is 6.47. The Labute approximate surface area is 183 Å². The number of rotatable bonds is 3. The first kappa shape index (κ1) is 20.9. The quantitative estimate of drug-likeness (QED) is 0.573. The third-order valence-electron chi connectivity index (χ3n) is 5.47. The highest BCUT2D eigenvalue weighted by molar-refractivity contribution is 7.17. The van der Waals surface area contributed by atoms with Crippen molar-refractivity contribution in [2.75, 3.05) is 0 Å². The molecule has 1 heterocycles. The molecule has 1 aliphatic rings. The van der Waals surface area contributed by atoms with Crippen molar-refractivity contribution in [2.45, 2.75) is 45.2 Å². The summed E-state index contributed by atoms with van der Waals surface area (Å²) in [7, 11) is 0. The van der Waals surface area contributed by atoms with E-state index in [1.165, 1.54) is 28.4 Å². The van der Waals surface area contributed by atoms with Crippen LogP contribution in [0.15, 0.2) is 36.4 Å². The van der Waals surface area contributed by atoms with Crippen LogP contribution >= 0.6 is 11.3 Å². The number of amides is 1. The number of nitrogens with zero attached hydrogens (tertiary/aromatic N) is 4. The highest BCUT2D eigenvalue weighted by Gasteiger charge is 2.38. The van der Waals surface area contributed by atoms with Gasteiger partial charge in [0.05, 0.1) is 11.6 Å². The molecule has 0 radical (unpaired) electrons. The topological polar surface area (TPSA) is 90.1 Å². The fraction of sp³-hybridized carbons (Fsp3) is 0.304. The van der Waals surface area contributed by atoms with E-state index < -0.39 is 17.4 Å². The Morgan fingerprint density at radius 2 is 2.00 bits per heavy atom. The van der Waals surface area contributed by atoms with Crippen molar-refractivity contribution >= 4 is 17.4 Å². The molecular weight excluding hydrogens is 415 g/mol. The lowest BCUT2D eigenvalue weighted by Gasteiger charge is -2.38. The number of hydrogen-bond donors (Lipinski definition) is 1. The van der Waals surface area contributed by atoms with Crippen LogP contribution in [0.5, 0.6) is 0 Å². The van der Waals surface area contributed by atoms with Gasteiger partial charge in [-0.15, -0.1) is 10.2 Å². The van der Waals surface area contributed by atoms with E-state index >= 15 is 0 Å². The summed E-state index contributed by atoms with van der Waals surface area (Å²) in [4.78, 5) is 13.5. The van der Waals surface area contributed by atoms with Gasteiger partial charge < -0.3 is 5.11 Å². The number of halogens is 1. The first-order chi connectivity index (χ1) is 14.7. The third kappa shape index (κ3) is 3.77. The fourth-order valence-corrected chi connectivity index (χ4v) is 5.07. The summed E-state index contributed by atoms with van der Waals surface area (Å²) in [6.07, 6.45) is 0.532. The van der Waals surface area contributed by atoms with Gasteiger partial charge in [-0.05, 0) is 62.9 Å². The molecule has 3 aromatic rings. The molecule has 4 rings (SSSR count). The summed E-state index contributed by atoms with van der Waals surface area (Å²) in [6, 6.07) is 11.8. The minimum atomic E-state index is -0.932. The Bertz CT molecular complexity index is 1210. The maximum absolute atomic E-state index is 13.6. The average molecular weight is 437 g/mol. The minimum absolute atomic E-state index is 0.0337. The van der Waals surface area contributed by atoms with Crippen LogP contribution in [0, 0.1) is 17.1 Å². The van der Waals surface area contributed by atoms with Crippen molar-refractivity contribution in [3.63, 3.8) is 0 Å². The molecule has 0 saturated carbocycles. The number of benzene rings is 2. The summed E-state index contributed by atoms with van der Waals surface area (Å²) < 4.78 is 13.6. The highest BCUT2D eigenvalue weighted by Crippen LogP contribution is 2.44. The lowest BCUT2D eigenvalue weighted by Crippen LogP contribution is -2.46. The van der Waals surface area contributed by atoms with Crippen molar-refractivity contribution in [3.8, 4) is 27.2 Å². The Hall–Kier alpha value is -3.31. The monoisotopic (exact) mass is 436 g/mol. The number of carboxylic acid groups (broad SMARTS) is 1. The van der Waals surface area contributed by atoms with Crippen LogP contribution in [0.1, 0.15) is 49.9 Å². The van der Waals surface area contributed by atoms with Gasteiger partial charge in [0.1, 0.15) is 21.9 Å². The molecule has 6 nitrogen and oxygen atoms in total. The van der Waals surface area contributed by atoms with Gasteiger partial charge in [0.2, 0.25) is 0 Å². The number of nitriles is 1. The van der Waals surface area contributed by atoms with Crippen molar-refractivity contribution < 1.29 is 14.3 Å². The Morgan fingerprint density at radius 1 is 1.26 bits per heavy atom. The zero-order valence-corrected chi connectivity index (χ0v) is 18.2. The van der Waals surface area contributed by atoms with E-state index in [1.807, 2.05) is 45.0 Å². The van der Waals surface area contributed by atoms with E-state index in [1.54, 1.807) is 6.07 Å². The number of hydrogen-bond acceptors (Lipinski definition) is 5. The zero-order chi connectivity index (χ0) is 22.3. The number of carbonyl (C=O) groups is 1. The first-order valence-corrected chi connectivity index (χ1v) is 10.7. The molecule has 1 amide bonds. The van der Waals surface area contributed by atoms with Crippen molar-refractivity contribution in [3.05, 3.63) is 58.9 Å². The van der Waals surface area contributed by atoms with Crippen LogP contribution in [-0.2, 0) is 6.42 Å². The Morgan fingerprint density at radius 3 is 2.68 bits per heavy atom. The van der Waals surface area contributed by atoms with Crippen LogP contribution in [0.25, 0.3) is 21.1 Å². The van der Waals surface area contributed by atoms with Gasteiger partial charge in [-0.1, -0.05) is 29.5 Å². The van der Waals surface area contributed by atoms with E-state index in [0.717, 1.165) is 23.1 Å². The average Bonchev–Trinajstić information content (AvgIpc) is 3.35.